The summed E-state index contributed by atoms with van der Waals surface area (Å²) < 4.78 is 4.41. The van der Waals surface area contributed by atoms with Gasteiger partial charge >= 0.3 is 11.9 Å². The van der Waals surface area contributed by atoms with Crippen LogP contribution < -0.4 is 5.32 Å². The van der Waals surface area contributed by atoms with Crippen molar-refractivity contribution in [3.63, 3.8) is 0 Å². The minimum Gasteiger partial charge on any atom is -0.480 e. The van der Waals surface area contributed by atoms with Crippen molar-refractivity contribution in [3.05, 3.63) is 23.0 Å². The van der Waals surface area contributed by atoms with Crippen molar-refractivity contribution in [2.75, 3.05) is 7.11 Å². The number of nitrogens with one attached hydrogen (secondary N) is 2. The van der Waals surface area contributed by atoms with Gasteiger partial charge in [0.2, 0.25) is 0 Å². The van der Waals surface area contributed by atoms with Gasteiger partial charge in [-0.25, -0.2) is 4.79 Å². The number of aromatic nitrogens is 1. The van der Waals surface area contributed by atoms with Crippen molar-refractivity contribution >= 4 is 29.4 Å². The molecule has 7 nitrogen and oxygen atoms in total. The molecule has 0 aliphatic carbocycles. The van der Waals surface area contributed by atoms with Crippen LogP contribution in [0.3, 0.4) is 0 Å². The molecule has 1 unspecified atom stereocenters. The second-order valence-electron chi connectivity index (χ2n) is 3.71. The number of hydrogen-bond donors (Lipinski definition) is 3. The number of ether oxygens (including phenoxy) is 1. The molecule has 0 spiro atoms. The van der Waals surface area contributed by atoms with E-state index in [0.29, 0.717) is 5.02 Å². The molecule has 0 radical (unpaired) electrons. The van der Waals surface area contributed by atoms with Crippen LogP contribution in [0.25, 0.3) is 0 Å². The van der Waals surface area contributed by atoms with Crippen LogP contribution in [0.15, 0.2) is 12.3 Å². The number of H-pyrrole nitrogens is 1. The fraction of sp³-hybridized carbons (Fsp3) is 0.364. The Bertz CT molecular complexity index is 485. The average molecular weight is 289 g/mol. The summed E-state index contributed by atoms with van der Waals surface area (Å²) in [6.45, 7) is 0. The van der Waals surface area contributed by atoms with Gasteiger partial charge in [-0.05, 0) is 12.5 Å². The highest BCUT2D eigenvalue weighted by Gasteiger charge is 2.22. The Morgan fingerprint density at radius 1 is 1.53 bits per heavy atom. The second kappa shape index (κ2) is 6.79. The third-order valence-corrected chi connectivity index (χ3v) is 2.58. The monoisotopic (exact) mass is 288 g/mol. The molecule has 104 valence electrons. The second-order valence-corrected chi connectivity index (χ2v) is 4.15. The Balaban J connectivity index is 2.61. The number of carbonyl (C=O) groups is 3. The summed E-state index contributed by atoms with van der Waals surface area (Å²) in [5, 5.41) is 11.6. The molecule has 1 aromatic rings. The zero-order valence-electron chi connectivity index (χ0n) is 10.1. The van der Waals surface area contributed by atoms with E-state index in [1.807, 2.05) is 0 Å². The topological polar surface area (TPSA) is 108 Å². The van der Waals surface area contributed by atoms with Gasteiger partial charge in [0.1, 0.15) is 11.7 Å². The zero-order chi connectivity index (χ0) is 14.4. The normalized spacial score (nSPS) is 11.7. The summed E-state index contributed by atoms with van der Waals surface area (Å²) in [4.78, 5) is 36.2. The zero-order valence-corrected chi connectivity index (χ0v) is 10.9. The third kappa shape index (κ3) is 4.63. The van der Waals surface area contributed by atoms with Gasteiger partial charge < -0.3 is 20.1 Å². The third-order valence-electron chi connectivity index (χ3n) is 2.36. The molecular weight excluding hydrogens is 276 g/mol. The van der Waals surface area contributed by atoms with E-state index in [9.17, 15) is 14.4 Å². The van der Waals surface area contributed by atoms with Crippen molar-refractivity contribution < 1.29 is 24.2 Å². The predicted octanol–water partition coefficient (Wildman–Crippen LogP) is 0.804. The highest BCUT2D eigenvalue weighted by atomic mass is 35.5. The van der Waals surface area contributed by atoms with Gasteiger partial charge in [0.05, 0.1) is 12.1 Å². The highest BCUT2D eigenvalue weighted by Crippen LogP contribution is 2.10. The number of amides is 1. The van der Waals surface area contributed by atoms with E-state index in [4.69, 9.17) is 16.7 Å². The summed E-state index contributed by atoms with van der Waals surface area (Å²) in [6, 6.07) is 0.199. The van der Waals surface area contributed by atoms with Crippen LogP contribution in [-0.4, -0.2) is 41.1 Å². The van der Waals surface area contributed by atoms with Crippen LogP contribution in [0.2, 0.25) is 5.02 Å². The largest absolute Gasteiger partial charge is 0.480 e. The molecule has 3 N–H and O–H groups in total. The number of methoxy groups -OCH3 is 1. The first-order valence-electron chi connectivity index (χ1n) is 5.38. The van der Waals surface area contributed by atoms with E-state index < -0.39 is 23.9 Å². The van der Waals surface area contributed by atoms with Gasteiger partial charge in [0, 0.05) is 12.6 Å². The van der Waals surface area contributed by atoms with E-state index >= 15 is 0 Å². The van der Waals surface area contributed by atoms with Gasteiger partial charge in [-0.3, -0.25) is 9.59 Å². The highest BCUT2D eigenvalue weighted by molar-refractivity contribution is 6.30. The Morgan fingerprint density at radius 2 is 2.21 bits per heavy atom. The van der Waals surface area contributed by atoms with Crippen LogP contribution >= 0.6 is 11.6 Å². The maximum absolute atomic E-state index is 11.7. The summed E-state index contributed by atoms with van der Waals surface area (Å²) in [5.41, 5.74) is 0.148. The van der Waals surface area contributed by atoms with Gasteiger partial charge in [-0.2, -0.15) is 0 Å². The van der Waals surface area contributed by atoms with Crippen molar-refractivity contribution in [3.8, 4) is 0 Å². The summed E-state index contributed by atoms with van der Waals surface area (Å²) in [5.74, 6) is -2.37. The number of rotatable bonds is 6. The Morgan fingerprint density at radius 3 is 2.68 bits per heavy atom. The van der Waals surface area contributed by atoms with Crippen LogP contribution in [0, 0.1) is 0 Å². The Hall–Kier alpha value is -2.02. The minimum absolute atomic E-state index is 0.0534. The number of halogens is 1. The fourth-order valence-corrected chi connectivity index (χ4v) is 1.52. The lowest BCUT2D eigenvalue weighted by molar-refractivity contribution is -0.142. The van der Waals surface area contributed by atoms with E-state index in [2.05, 4.69) is 15.0 Å². The molecule has 19 heavy (non-hydrogen) atoms. The first-order valence-corrected chi connectivity index (χ1v) is 5.76. The molecule has 0 aliphatic rings. The predicted molar refractivity (Wildman–Crippen MR) is 65.9 cm³/mol. The SMILES string of the molecule is COC(=O)CCC(NC(=O)c1cc(Cl)c[nH]1)C(=O)O. The maximum atomic E-state index is 11.7. The van der Waals surface area contributed by atoms with Crippen LogP contribution in [0.4, 0.5) is 0 Å². The molecule has 1 aromatic heterocycles. The van der Waals surface area contributed by atoms with Crippen LogP contribution in [-0.2, 0) is 14.3 Å². The van der Waals surface area contributed by atoms with E-state index in [1.54, 1.807) is 0 Å². The van der Waals surface area contributed by atoms with Crippen molar-refractivity contribution in [2.24, 2.45) is 0 Å². The van der Waals surface area contributed by atoms with Gasteiger partial charge in [-0.15, -0.1) is 0 Å². The van der Waals surface area contributed by atoms with Gasteiger partial charge in [0.15, 0.2) is 0 Å². The van der Waals surface area contributed by atoms with Crippen LogP contribution in [0.5, 0.6) is 0 Å². The van der Waals surface area contributed by atoms with Crippen LogP contribution in [0.1, 0.15) is 23.3 Å². The molecular formula is C11H13ClN2O5. The van der Waals surface area contributed by atoms with Gasteiger partial charge in [0.25, 0.3) is 5.91 Å². The van der Waals surface area contributed by atoms with E-state index in [1.165, 1.54) is 19.4 Å². The summed E-state index contributed by atoms with van der Waals surface area (Å²) in [7, 11) is 1.21. The van der Waals surface area contributed by atoms with Gasteiger partial charge in [-0.1, -0.05) is 11.6 Å². The first-order chi connectivity index (χ1) is 8.93. The number of carboxylic acids is 1. The molecule has 1 atom stereocenters. The smallest absolute Gasteiger partial charge is 0.326 e. The Labute approximate surface area is 113 Å². The quantitative estimate of drug-likeness (QED) is 0.671. The van der Waals surface area contributed by atoms with E-state index in [-0.39, 0.29) is 18.5 Å². The number of carbonyl (C=O) groups excluding carboxylic acids is 2. The molecule has 0 fully saturated rings. The van der Waals surface area contributed by atoms with Crippen molar-refractivity contribution in [2.45, 2.75) is 18.9 Å². The van der Waals surface area contributed by atoms with Crippen molar-refractivity contribution in [1.82, 2.24) is 10.3 Å². The Kier molecular flexibility index (Phi) is 5.37. The van der Waals surface area contributed by atoms with E-state index in [0.717, 1.165) is 0 Å². The molecule has 8 heteroatoms. The molecule has 0 bridgehead atoms. The number of hydrogen-bond acceptors (Lipinski definition) is 4. The molecule has 0 saturated carbocycles. The lowest BCUT2D eigenvalue weighted by Gasteiger charge is -2.13. The number of carboxylic acid groups (broad SMARTS) is 1. The minimum atomic E-state index is -1.23. The van der Waals surface area contributed by atoms with Crippen molar-refractivity contribution in [1.29, 1.82) is 0 Å². The lowest BCUT2D eigenvalue weighted by Crippen LogP contribution is -2.41. The number of aliphatic carboxylic acids is 1. The number of esters is 1. The first kappa shape index (κ1) is 15.0. The number of aromatic amines is 1. The molecule has 0 saturated heterocycles. The fourth-order valence-electron chi connectivity index (χ4n) is 1.36. The molecule has 1 heterocycles. The molecule has 1 rings (SSSR count). The molecule has 1 amide bonds. The lowest BCUT2D eigenvalue weighted by atomic mass is 10.1. The average Bonchev–Trinajstić information content (AvgIpc) is 2.80. The summed E-state index contributed by atoms with van der Waals surface area (Å²) >= 11 is 5.64. The summed E-state index contributed by atoms with van der Waals surface area (Å²) in [6.07, 6.45) is 1.25. The molecule has 0 aliphatic heterocycles. The maximum Gasteiger partial charge on any atom is 0.326 e. The molecule has 0 aromatic carbocycles. The standard InChI is InChI=1S/C11H13ClN2O5/c1-19-9(15)3-2-7(11(17)18)14-10(16)8-4-6(12)5-13-8/h4-5,7,13H,2-3H2,1H3,(H,14,16)(H,17,18).